The maximum Gasteiger partial charge on any atom is 0.227 e. The van der Waals surface area contributed by atoms with Crippen molar-refractivity contribution in [3.8, 4) is 0 Å². The number of rotatable bonds is 1. The molecule has 0 aromatic heterocycles. The summed E-state index contributed by atoms with van der Waals surface area (Å²) in [5.74, 6) is 1.69. The molecule has 2 N–H and O–H groups in total. The topological polar surface area (TPSA) is 49.6 Å². The van der Waals surface area contributed by atoms with Gasteiger partial charge in [-0.25, -0.2) is 0 Å². The van der Waals surface area contributed by atoms with Gasteiger partial charge in [0.25, 0.3) is 0 Å². The van der Waals surface area contributed by atoms with Crippen molar-refractivity contribution in [1.82, 2.24) is 9.80 Å². The van der Waals surface area contributed by atoms with E-state index >= 15 is 0 Å². The smallest absolute Gasteiger partial charge is 0.227 e. The molecule has 1 amide bonds. The molecule has 0 radical (unpaired) electrons. The number of carbonyl (C=O) groups is 1. The lowest BCUT2D eigenvalue weighted by atomic mass is 9.84. The van der Waals surface area contributed by atoms with Crippen molar-refractivity contribution in [2.75, 3.05) is 33.2 Å². The Bertz CT molecular complexity index is 310. The molecule has 2 aliphatic carbocycles. The zero-order chi connectivity index (χ0) is 12.0. The third kappa shape index (κ3) is 1.87. The molecule has 1 heterocycles. The molecule has 96 valence electrons. The number of hydrogen-bond acceptors (Lipinski definition) is 3. The molecule has 3 fully saturated rings. The summed E-state index contributed by atoms with van der Waals surface area (Å²) < 4.78 is 0. The predicted octanol–water partition coefficient (Wildman–Crippen LogP) is 0.134. The van der Waals surface area contributed by atoms with Crippen LogP contribution in [0.25, 0.3) is 0 Å². The first-order chi connectivity index (χ1) is 8.16. The number of fused-ring (bicyclic) bond motifs is 2. The van der Waals surface area contributed by atoms with Crippen molar-refractivity contribution in [3.05, 3.63) is 0 Å². The summed E-state index contributed by atoms with van der Waals surface area (Å²) in [6, 6.07) is 0.140. The maximum absolute atomic E-state index is 12.5. The minimum absolute atomic E-state index is 0.136. The van der Waals surface area contributed by atoms with Crippen LogP contribution in [-0.2, 0) is 4.79 Å². The molecule has 4 nitrogen and oxygen atoms in total. The number of amides is 1. The predicted molar refractivity (Wildman–Crippen MR) is 66.4 cm³/mol. The van der Waals surface area contributed by atoms with Gasteiger partial charge in [0.2, 0.25) is 5.91 Å². The van der Waals surface area contributed by atoms with Crippen LogP contribution in [0.3, 0.4) is 0 Å². The van der Waals surface area contributed by atoms with Crippen LogP contribution in [0.2, 0.25) is 0 Å². The first kappa shape index (κ1) is 11.5. The molecule has 4 unspecified atom stereocenters. The zero-order valence-corrected chi connectivity index (χ0v) is 10.6. The molecule has 0 aromatic rings. The van der Waals surface area contributed by atoms with E-state index in [1.165, 1.54) is 19.3 Å². The summed E-state index contributed by atoms with van der Waals surface area (Å²) in [6.45, 7) is 3.77. The van der Waals surface area contributed by atoms with E-state index in [1.54, 1.807) is 0 Å². The van der Waals surface area contributed by atoms with Gasteiger partial charge in [0, 0.05) is 32.2 Å². The second-order valence-electron chi connectivity index (χ2n) is 6.06. The van der Waals surface area contributed by atoms with Gasteiger partial charge in [0.05, 0.1) is 5.92 Å². The molecule has 1 aliphatic heterocycles. The molecule has 17 heavy (non-hydrogen) atoms. The van der Waals surface area contributed by atoms with Crippen LogP contribution in [-0.4, -0.2) is 55.0 Å². The standard InChI is InChI=1S/C13H23N3O/c1-15-4-6-16(7-5-15)13(17)11-9-2-3-10(8-9)12(11)14/h9-12H,2-8,14H2,1H3. The van der Waals surface area contributed by atoms with Crippen LogP contribution in [0.4, 0.5) is 0 Å². The Hall–Kier alpha value is -0.610. The number of likely N-dealkylation sites (N-methyl/N-ethyl adjacent to an activating group) is 1. The highest BCUT2D eigenvalue weighted by Gasteiger charge is 2.50. The molecule has 0 aromatic carbocycles. The van der Waals surface area contributed by atoms with Crippen LogP contribution in [0.5, 0.6) is 0 Å². The highest BCUT2D eigenvalue weighted by Crippen LogP contribution is 2.48. The summed E-state index contributed by atoms with van der Waals surface area (Å²) in [6.07, 6.45) is 3.67. The van der Waals surface area contributed by atoms with Gasteiger partial charge < -0.3 is 15.5 Å². The molecule has 2 saturated carbocycles. The Labute approximate surface area is 103 Å². The second kappa shape index (κ2) is 4.25. The Morgan fingerprint density at radius 3 is 2.35 bits per heavy atom. The lowest BCUT2D eigenvalue weighted by Crippen LogP contribution is -2.53. The Balaban J connectivity index is 1.66. The molecule has 3 rings (SSSR count). The summed E-state index contributed by atoms with van der Waals surface area (Å²) in [5.41, 5.74) is 6.24. The molecular weight excluding hydrogens is 214 g/mol. The first-order valence-corrected chi connectivity index (χ1v) is 6.89. The van der Waals surface area contributed by atoms with Gasteiger partial charge >= 0.3 is 0 Å². The van der Waals surface area contributed by atoms with Crippen molar-refractivity contribution in [3.63, 3.8) is 0 Å². The Kier molecular flexibility index (Phi) is 2.87. The van der Waals surface area contributed by atoms with Gasteiger partial charge in [-0.2, -0.15) is 0 Å². The third-order valence-corrected chi connectivity index (χ3v) is 5.08. The second-order valence-corrected chi connectivity index (χ2v) is 6.06. The number of hydrogen-bond donors (Lipinski definition) is 1. The maximum atomic E-state index is 12.5. The fraction of sp³-hybridized carbons (Fsp3) is 0.923. The van der Waals surface area contributed by atoms with Crippen molar-refractivity contribution in [2.24, 2.45) is 23.5 Å². The van der Waals surface area contributed by atoms with Gasteiger partial charge in [-0.15, -0.1) is 0 Å². The molecule has 3 aliphatic rings. The molecule has 4 heteroatoms. The van der Waals surface area contributed by atoms with Crippen LogP contribution in [0.1, 0.15) is 19.3 Å². The largest absolute Gasteiger partial charge is 0.340 e. The van der Waals surface area contributed by atoms with Gasteiger partial charge in [-0.1, -0.05) is 0 Å². The normalized spacial score (nSPS) is 42.1. The molecular formula is C13H23N3O. The Morgan fingerprint density at radius 1 is 1.12 bits per heavy atom. The van der Waals surface area contributed by atoms with E-state index in [1.807, 2.05) is 4.90 Å². The van der Waals surface area contributed by atoms with E-state index in [0.717, 1.165) is 26.2 Å². The van der Waals surface area contributed by atoms with Crippen LogP contribution in [0.15, 0.2) is 0 Å². The number of nitrogens with zero attached hydrogens (tertiary/aromatic N) is 2. The lowest BCUT2D eigenvalue weighted by Gasteiger charge is -2.37. The molecule has 4 atom stereocenters. The van der Waals surface area contributed by atoms with Crippen LogP contribution in [0, 0.1) is 17.8 Å². The van der Waals surface area contributed by atoms with Gasteiger partial charge in [-0.3, -0.25) is 4.79 Å². The van der Waals surface area contributed by atoms with E-state index < -0.39 is 0 Å². The van der Waals surface area contributed by atoms with Crippen molar-refractivity contribution < 1.29 is 4.79 Å². The Morgan fingerprint density at radius 2 is 1.76 bits per heavy atom. The van der Waals surface area contributed by atoms with Gasteiger partial charge in [0.1, 0.15) is 0 Å². The zero-order valence-electron chi connectivity index (χ0n) is 10.6. The monoisotopic (exact) mass is 237 g/mol. The van der Waals surface area contributed by atoms with Crippen LogP contribution < -0.4 is 5.73 Å². The average Bonchev–Trinajstić information content (AvgIpc) is 2.89. The fourth-order valence-corrected chi connectivity index (χ4v) is 3.94. The van der Waals surface area contributed by atoms with Crippen molar-refractivity contribution in [1.29, 1.82) is 0 Å². The molecule has 1 saturated heterocycles. The summed E-state index contributed by atoms with van der Waals surface area (Å²) in [7, 11) is 2.12. The highest BCUT2D eigenvalue weighted by atomic mass is 16.2. The highest BCUT2D eigenvalue weighted by molar-refractivity contribution is 5.80. The summed E-state index contributed by atoms with van der Waals surface area (Å²) in [5, 5.41) is 0. The van der Waals surface area contributed by atoms with Crippen molar-refractivity contribution in [2.45, 2.75) is 25.3 Å². The van der Waals surface area contributed by atoms with Gasteiger partial charge in [-0.05, 0) is 38.1 Å². The minimum atomic E-state index is 0.136. The van der Waals surface area contributed by atoms with Crippen molar-refractivity contribution >= 4 is 5.91 Å². The summed E-state index contributed by atoms with van der Waals surface area (Å²) >= 11 is 0. The van der Waals surface area contributed by atoms with E-state index in [-0.39, 0.29) is 12.0 Å². The van der Waals surface area contributed by atoms with Crippen LogP contribution >= 0.6 is 0 Å². The minimum Gasteiger partial charge on any atom is -0.340 e. The number of nitrogens with two attached hydrogens (primary N) is 1. The fourth-order valence-electron chi connectivity index (χ4n) is 3.94. The van der Waals surface area contributed by atoms with E-state index in [2.05, 4.69) is 11.9 Å². The summed E-state index contributed by atoms with van der Waals surface area (Å²) in [4.78, 5) is 16.9. The van der Waals surface area contributed by atoms with Gasteiger partial charge in [0.15, 0.2) is 0 Å². The van der Waals surface area contributed by atoms with E-state index in [0.29, 0.717) is 17.7 Å². The third-order valence-electron chi connectivity index (χ3n) is 5.08. The van der Waals surface area contributed by atoms with E-state index in [4.69, 9.17) is 5.73 Å². The molecule has 0 spiro atoms. The van der Waals surface area contributed by atoms with E-state index in [9.17, 15) is 4.79 Å². The average molecular weight is 237 g/mol. The number of carbonyl (C=O) groups excluding carboxylic acids is 1. The SMILES string of the molecule is CN1CCN(C(=O)C2C3CCC(C3)C2N)CC1. The molecule has 2 bridgehead atoms. The lowest BCUT2D eigenvalue weighted by molar-refractivity contribution is -0.139. The number of piperazine rings is 1. The first-order valence-electron chi connectivity index (χ1n) is 6.89. The quantitative estimate of drug-likeness (QED) is 0.705.